The second-order valence-electron chi connectivity index (χ2n) is 4.63. The van der Waals surface area contributed by atoms with Crippen molar-refractivity contribution in [1.82, 2.24) is 0 Å². The van der Waals surface area contributed by atoms with Crippen LogP contribution in [0.25, 0.3) is 0 Å². The smallest absolute Gasteiger partial charge is 0.129 e. The third-order valence-corrected chi connectivity index (χ3v) is 3.58. The lowest BCUT2D eigenvalue weighted by Gasteiger charge is -2.15. The van der Waals surface area contributed by atoms with E-state index in [-0.39, 0.29) is 11.4 Å². The van der Waals surface area contributed by atoms with Gasteiger partial charge >= 0.3 is 0 Å². The van der Waals surface area contributed by atoms with E-state index in [4.69, 9.17) is 17.3 Å². The topological polar surface area (TPSA) is 26.0 Å². The van der Waals surface area contributed by atoms with Crippen molar-refractivity contribution < 1.29 is 4.39 Å². The number of nitrogens with two attached hydrogens (primary N) is 1. The molecule has 1 aliphatic carbocycles. The van der Waals surface area contributed by atoms with Crippen LogP contribution in [0.4, 0.5) is 4.39 Å². The van der Waals surface area contributed by atoms with Crippen LogP contribution < -0.4 is 5.73 Å². The molecule has 0 aromatic heterocycles. The Labute approximate surface area is 94.4 Å². The van der Waals surface area contributed by atoms with Crippen LogP contribution in [0, 0.1) is 19.7 Å². The van der Waals surface area contributed by atoms with Crippen LogP contribution in [0.15, 0.2) is 6.07 Å². The van der Waals surface area contributed by atoms with Crippen molar-refractivity contribution in [2.24, 2.45) is 5.73 Å². The van der Waals surface area contributed by atoms with E-state index in [0.29, 0.717) is 22.6 Å². The van der Waals surface area contributed by atoms with Crippen molar-refractivity contribution in [1.29, 1.82) is 0 Å². The molecule has 1 nitrogen and oxygen atoms in total. The number of benzene rings is 1. The van der Waals surface area contributed by atoms with Crippen LogP contribution in [-0.2, 0) is 6.42 Å². The van der Waals surface area contributed by atoms with Crippen LogP contribution in [0.2, 0.25) is 5.02 Å². The van der Waals surface area contributed by atoms with Gasteiger partial charge in [0.1, 0.15) is 5.82 Å². The van der Waals surface area contributed by atoms with Gasteiger partial charge in [0, 0.05) is 10.6 Å². The fourth-order valence-corrected chi connectivity index (χ4v) is 2.09. The predicted molar refractivity (Wildman–Crippen MR) is 60.7 cm³/mol. The molecule has 0 saturated heterocycles. The summed E-state index contributed by atoms with van der Waals surface area (Å²) >= 11 is 6.03. The van der Waals surface area contributed by atoms with Crippen LogP contribution in [0.1, 0.15) is 29.5 Å². The fraction of sp³-hybridized carbons (Fsp3) is 0.500. The number of hydrogen-bond acceptors (Lipinski definition) is 1. The molecule has 0 unspecified atom stereocenters. The molecule has 82 valence electrons. The lowest BCUT2D eigenvalue weighted by molar-refractivity contribution is 0.573. The highest BCUT2D eigenvalue weighted by molar-refractivity contribution is 6.31. The van der Waals surface area contributed by atoms with Gasteiger partial charge in [0.05, 0.1) is 0 Å². The minimum Gasteiger partial charge on any atom is -0.325 e. The van der Waals surface area contributed by atoms with Crippen molar-refractivity contribution in [2.45, 2.75) is 38.6 Å². The summed E-state index contributed by atoms with van der Waals surface area (Å²) in [5.74, 6) is -0.145. The Bertz CT molecular complexity index is 384. The van der Waals surface area contributed by atoms with Crippen LogP contribution in [0.3, 0.4) is 0 Å². The molecule has 2 N–H and O–H groups in total. The normalized spacial score (nSPS) is 17.9. The summed E-state index contributed by atoms with van der Waals surface area (Å²) < 4.78 is 13.9. The molecule has 0 heterocycles. The summed E-state index contributed by atoms with van der Waals surface area (Å²) in [6.07, 6.45) is 2.57. The van der Waals surface area contributed by atoms with E-state index in [0.717, 1.165) is 18.4 Å². The maximum absolute atomic E-state index is 13.9. The molecular weight excluding hydrogens is 213 g/mol. The molecule has 2 rings (SSSR count). The SMILES string of the molecule is Cc1cc(Cl)c(C)c(CC2(N)CC2)c1F. The third-order valence-electron chi connectivity index (χ3n) is 3.19. The van der Waals surface area contributed by atoms with Gasteiger partial charge in [0.15, 0.2) is 0 Å². The number of halogens is 2. The quantitative estimate of drug-likeness (QED) is 0.826. The average molecular weight is 228 g/mol. The van der Waals surface area contributed by atoms with E-state index in [1.54, 1.807) is 13.0 Å². The van der Waals surface area contributed by atoms with Gasteiger partial charge in [-0.3, -0.25) is 0 Å². The maximum atomic E-state index is 13.9. The lowest BCUT2D eigenvalue weighted by Crippen LogP contribution is -2.25. The third kappa shape index (κ3) is 2.01. The van der Waals surface area contributed by atoms with E-state index in [2.05, 4.69) is 0 Å². The molecule has 1 saturated carbocycles. The van der Waals surface area contributed by atoms with Gasteiger partial charge in [0.2, 0.25) is 0 Å². The highest BCUT2D eigenvalue weighted by atomic mass is 35.5. The Hall–Kier alpha value is -0.600. The molecule has 1 fully saturated rings. The molecule has 0 bridgehead atoms. The summed E-state index contributed by atoms with van der Waals surface area (Å²) in [6, 6.07) is 1.67. The van der Waals surface area contributed by atoms with Gasteiger partial charge in [-0.15, -0.1) is 0 Å². The first-order chi connectivity index (χ1) is 6.93. The predicted octanol–water partition coefficient (Wildman–Crippen LogP) is 3.13. The first kappa shape index (κ1) is 10.9. The van der Waals surface area contributed by atoms with E-state index < -0.39 is 0 Å². The summed E-state index contributed by atoms with van der Waals surface area (Å²) in [5.41, 5.74) is 7.96. The molecule has 0 atom stereocenters. The van der Waals surface area contributed by atoms with Crippen molar-refractivity contribution >= 4 is 11.6 Å². The van der Waals surface area contributed by atoms with E-state index in [1.165, 1.54) is 0 Å². The second-order valence-corrected chi connectivity index (χ2v) is 5.04. The number of rotatable bonds is 2. The molecule has 0 aliphatic heterocycles. The van der Waals surface area contributed by atoms with E-state index in [1.807, 2.05) is 6.92 Å². The van der Waals surface area contributed by atoms with Crippen molar-refractivity contribution in [3.8, 4) is 0 Å². The monoisotopic (exact) mass is 227 g/mol. The van der Waals surface area contributed by atoms with Gasteiger partial charge in [-0.05, 0) is 55.9 Å². The summed E-state index contributed by atoms with van der Waals surface area (Å²) in [5, 5.41) is 0.633. The molecule has 1 aromatic carbocycles. The Morgan fingerprint density at radius 1 is 1.47 bits per heavy atom. The Balaban J connectivity index is 2.44. The zero-order valence-corrected chi connectivity index (χ0v) is 9.79. The molecule has 1 aliphatic rings. The standard InChI is InChI=1S/C12H15ClFN/c1-7-5-10(13)8(2)9(11(7)14)6-12(15)3-4-12/h5H,3-4,6,15H2,1-2H3. The van der Waals surface area contributed by atoms with Gasteiger partial charge in [-0.2, -0.15) is 0 Å². The van der Waals surface area contributed by atoms with Crippen molar-refractivity contribution in [2.75, 3.05) is 0 Å². The molecule has 3 heteroatoms. The minimum atomic E-state index is -0.178. The number of hydrogen-bond donors (Lipinski definition) is 1. The van der Waals surface area contributed by atoms with Crippen LogP contribution >= 0.6 is 11.6 Å². The van der Waals surface area contributed by atoms with E-state index >= 15 is 0 Å². The van der Waals surface area contributed by atoms with Crippen LogP contribution in [0.5, 0.6) is 0 Å². The van der Waals surface area contributed by atoms with Crippen molar-refractivity contribution in [3.05, 3.63) is 33.6 Å². The minimum absolute atomic E-state index is 0.145. The van der Waals surface area contributed by atoms with Gasteiger partial charge in [0.25, 0.3) is 0 Å². The molecule has 0 spiro atoms. The zero-order valence-electron chi connectivity index (χ0n) is 9.03. The zero-order chi connectivity index (χ0) is 11.2. The first-order valence-electron chi connectivity index (χ1n) is 5.16. The average Bonchev–Trinajstić information content (AvgIpc) is 2.89. The molecule has 15 heavy (non-hydrogen) atoms. The Kier molecular flexibility index (Phi) is 2.52. The van der Waals surface area contributed by atoms with E-state index in [9.17, 15) is 4.39 Å². The van der Waals surface area contributed by atoms with Gasteiger partial charge in [-0.25, -0.2) is 4.39 Å². The summed E-state index contributed by atoms with van der Waals surface area (Å²) in [7, 11) is 0. The van der Waals surface area contributed by atoms with Crippen molar-refractivity contribution in [3.63, 3.8) is 0 Å². The fourth-order valence-electron chi connectivity index (χ4n) is 1.81. The van der Waals surface area contributed by atoms with Gasteiger partial charge in [-0.1, -0.05) is 11.6 Å². The lowest BCUT2D eigenvalue weighted by atomic mass is 9.97. The Morgan fingerprint density at radius 3 is 2.60 bits per heavy atom. The Morgan fingerprint density at radius 2 is 2.07 bits per heavy atom. The summed E-state index contributed by atoms with van der Waals surface area (Å²) in [6.45, 7) is 3.59. The van der Waals surface area contributed by atoms with Crippen LogP contribution in [-0.4, -0.2) is 5.54 Å². The molecule has 1 aromatic rings. The van der Waals surface area contributed by atoms with Gasteiger partial charge < -0.3 is 5.73 Å². The summed E-state index contributed by atoms with van der Waals surface area (Å²) in [4.78, 5) is 0. The highest BCUT2D eigenvalue weighted by Gasteiger charge is 2.39. The first-order valence-corrected chi connectivity index (χ1v) is 5.54. The molecule has 0 amide bonds. The largest absolute Gasteiger partial charge is 0.325 e. The number of aryl methyl sites for hydroxylation is 1. The highest BCUT2D eigenvalue weighted by Crippen LogP contribution is 2.38. The maximum Gasteiger partial charge on any atom is 0.129 e. The second kappa shape index (κ2) is 3.46. The molecular formula is C12H15ClFN. The molecule has 0 radical (unpaired) electrons.